The first-order valence-electron chi connectivity index (χ1n) is 17.7. The number of furan rings is 1. The van der Waals surface area contributed by atoms with E-state index in [9.17, 15) is 0 Å². The largest absolute Gasteiger partial charge is 0.455 e. The van der Waals surface area contributed by atoms with Crippen LogP contribution in [-0.2, 0) is 0 Å². The van der Waals surface area contributed by atoms with Gasteiger partial charge in [-0.25, -0.2) is 0 Å². The van der Waals surface area contributed by atoms with Gasteiger partial charge in [-0.3, -0.25) is 0 Å². The number of para-hydroxylation sites is 3. The minimum absolute atomic E-state index is 0.263. The van der Waals surface area contributed by atoms with Gasteiger partial charge in [-0.1, -0.05) is 133 Å². The van der Waals surface area contributed by atoms with Gasteiger partial charge in [-0.2, -0.15) is 0 Å². The lowest BCUT2D eigenvalue weighted by molar-refractivity contribution is 0.670. The molecule has 7 aromatic carbocycles. The fraction of sp³-hybridized carbons (Fsp3) is 0.0417. The molecule has 9 aromatic rings. The number of rotatable bonds is 4. The van der Waals surface area contributed by atoms with Crippen molar-refractivity contribution in [3.8, 4) is 27.9 Å². The maximum Gasteiger partial charge on any atom is 0.145 e. The molecule has 0 saturated heterocycles. The average Bonchev–Trinajstić information content (AvgIpc) is 3.86. The summed E-state index contributed by atoms with van der Waals surface area (Å²) in [6, 6.07) is 57.3. The van der Waals surface area contributed by atoms with Crippen LogP contribution in [0.5, 0.6) is 0 Å². The smallest absolute Gasteiger partial charge is 0.145 e. The molecule has 0 bridgehead atoms. The molecule has 240 valence electrons. The second-order valence-corrected chi connectivity index (χ2v) is 13.7. The second-order valence-electron chi connectivity index (χ2n) is 13.7. The maximum absolute atomic E-state index is 6.70. The highest BCUT2D eigenvalue weighted by Crippen LogP contribution is 2.49. The first-order valence-corrected chi connectivity index (χ1v) is 17.7. The fourth-order valence-electron chi connectivity index (χ4n) is 8.66. The van der Waals surface area contributed by atoms with Crippen molar-refractivity contribution in [2.75, 3.05) is 4.90 Å². The Morgan fingerprint density at radius 2 is 1.20 bits per heavy atom. The standard InChI is InChI=1S/C48H32N2O/c1-3-13-31(14-4-1)35-27-28-43(47-40-19-9-12-22-46(40)51-48(35)47)50-42-21-11-8-18-37(42)39-26-24-33(30-45(39)50)32-23-25-38-36-17-7-10-20-41(36)49(44(38)29-32)34-15-5-2-6-16-34/h1-30,36,41H. The highest BCUT2D eigenvalue weighted by Gasteiger charge is 2.37. The van der Waals surface area contributed by atoms with E-state index in [-0.39, 0.29) is 6.04 Å². The van der Waals surface area contributed by atoms with Crippen molar-refractivity contribution >= 4 is 55.1 Å². The molecule has 2 unspecified atom stereocenters. The molecule has 3 heteroatoms. The number of anilines is 2. The number of nitrogens with zero attached hydrogens (tertiary/aromatic N) is 2. The average molecular weight is 653 g/mol. The van der Waals surface area contributed by atoms with E-state index in [2.05, 4.69) is 191 Å². The molecule has 11 rings (SSSR count). The first-order chi connectivity index (χ1) is 25.3. The van der Waals surface area contributed by atoms with Crippen molar-refractivity contribution in [3.63, 3.8) is 0 Å². The minimum Gasteiger partial charge on any atom is -0.455 e. The third-order valence-electron chi connectivity index (χ3n) is 10.9. The summed E-state index contributed by atoms with van der Waals surface area (Å²) in [5, 5.41) is 4.71. The predicted octanol–water partition coefficient (Wildman–Crippen LogP) is 12.7. The summed E-state index contributed by atoms with van der Waals surface area (Å²) >= 11 is 0. The number of hydrogen-bond donors (Lipinski definition) is 0. The lowest BCUT2D eigenvalue weighted by Crippen LogP contribution is -2.28. The Labute approximate surface area is 295 Å². The normalized spacial score (nSPS) is 16.4. The van der Waals surface area contributed by atoms with E-state index < -0.39 is 0 Å². The van der Waals surface area contributed by atoms with Crippen molar-refractivity contribution in [1.82, 2.24) is 4.57 Å². The summed E-state index contributed by atoms with van der Waals surface area (Å²) in [5.74, 6) is 0.329. The Morgan fingerprint density at radius 3 is 2.08 bits per heavy atom. The quantitative estimate of drug-likeness (QED) is 0.189. The van der Waals surface area contributed by atoms with E-state index in [0.29, 0.717) is 5.92 Å². The molecule has 1 aliphatic carbocycles. The van der Waals surface area contributed by atoms with E-state index in [1.807, 2.05) is 0 Å². The van der Waals surface area contributed by atoms with E-state index >= 15 is 0 Å². The molecule has 0 spiro atoms. The molecule has 3 heterocycles. The SMILES string of the molecule is C1=CC2c3ccc(-c4ccc5c6ccccc6n(-c6ccc(-c7ccccc7)c7oc8ccccc8c67)c5c4)cc3N(c3ccccc3)C2C=C1. The first kappa shape index (κ1) is 28.3. The molecule has 51 heavy (non-hydrogen) atoms. The molecule has 2 atom stereocenters. The van der Waals surface area contributed by atoms with Crippen LogP contribution in [0.2, 0.25) is 0 Å². The Hall–Kier alpha value is -6.58. The van der Waals surface area contributed by atoms with Crippen LogP contribution in [0.25, 0.3) is 71.7 Å². The minimum atomic E-state index is 0.263. The lowest BCUT2D eigenvalue weighted by Gasteiger charge is -2.28. The maximum atomic E-state index is 6.70. The van der Waals surface area contributed by atoms with Gasteiger partial charge in [0.2, 0.25) is 0 Å². The molecule has 0 N–H and O–H groups in total. The zero-order valence-corrected chi connectivity index (χ0v) is 27.8. The number of hydrogen-bond acceptors (Lipinski definition) is 2. The molecule has 0 amide bonds. The van der Waals surface area contributed by atoms with Gasteiger partial charge in [0.25, 0.3) is 0 Å². The van der Waals surface area contributed by atoms with Crippen LogP contribution in [0.15, 0.2) is 186 Å². The van der Waals surface area contributed by atoms with Crippen molar-refractivity contribution in [3.05, 3.63) is 188 Å². The Balaban J connectivity index is 1.15. The van der Waals surface area contributed by atoms with Crippen LogP contribution >= 0.6 is 0 Å². The van der Waals surface area contributed by atoms with Crippen LogP contribution in [0.4, 0.5) is 11.4 Å². The molecule has 0 saturated carbocycles. The number of fused-ring (bicyclic) bond motifs is 9. The van der Waals surface area contributed by atoms with Gasteiger partial charge in [0.05, 0.1) is 28.1 Å². The highest BCUT2D eigenvalue weighted by molar-refractivity contribution is 6.17. The van der Waals surface area contributed by atoms with Gasteiger partial charge >= 0.3 is 0 Å². The topological polar surface area (TPSA) is 21.3 Å². The molecule has 1 aliphatic heterocycles. The van der Waals surface area contributed by atoms with Gasteiger partial charge in [-0.05, 0) is 70.8 Å². The number of benzene rings is 7. The van der Waals surface area contributed by atoms with Gasteiger partial charge < -0.3 is 13.9 Å². The highest BCUT2D eigenvalue weighted by atomic mass is 16.3. The predicted molar refractivity (Wildman–Crippen MR) is 212 cm³/mol. The van der Waals surface area contributed by atoms with Crippen molar-refractivity contribution in [2.45, 2.75) is 12.0 Å². The van der Waals surface area contributed by atoms with Crippen LogP contribution in [0, 0.1) is 0 Å². The molecular formula is C48H32N2O. The summed E-state index contributed by atoms with van der Waals surface area (Å²) in [6.07, 6.45) is 9.06. The van der Waals surface area contributed by atoms with Crippen LogP contribution < -0.4 is 4.90 Å². The third-order valence-corrected chi connectivity index (χ3v) is 10.9. The van der Waals surface area contributed by atoms with E-state index in [1.54, 1.807) is 0 Å². The van der Waals surface area contributed by atoms with Crippen molar-refractivity contribution in [2.24, 2.45) is 0 Å². The zero-order valence-electron chi connectivity index (χ0n) is 27.8. The van der Waals surface area contributed by atoms with E-state index in [4.69, 9.17) is 4.42 Å². The molecule has 0 fully saturated rings. The van der Waals surface area contributed by atoms with Crippen LogP contribution in [0.1, 0.15) is 11.5 Å². The van der Waals surface area contributed by atoms with E-state index in [1.165, 1.54) is 49.9 Å². The summed E-state index contributed by atoms with van der Waals surface area (Å²) in [5.41, 5.74) is 13.8. The van der Waals surface area contributed by atoms with Crippen molar-refractivity contribution in [1.29, 1.82) is 0 Å². The lowest BCUT2D eigenvalue weighted by atomic mass is 9.90. The fourth-order valence-corrected chi connectivity index (χ4v) is 8.66. The molecular weight excluding hydrogens is 621 g/mol. The second kappa shape index (κ2) is 11.0. The zero-order chi connectivity index (χ0) is 33.5. The molecule has 2 aromatic heterocycles. The summed E-state index contributed by atoms with van der Waals surface area (Å²) in [6.45, 7) is 0. The summed E-state index contributed by atoms with van der Waals surface area (Å²) in [7, 11) is 0. The third kappa shape index (κ3) is 4.18. The van der Waals surface area contributed by atoms with Gasteiger partial charge in [-0.15, -0.1) is 0 Å². The summed E-state index contributed by atoms with van der Waals surface area (Å²) < 4.78 is 9.14. The van der Waals surface area contributed by atoms with Gasteiger partial charge in [0, 0.05) is 39.0 Å². The monoisotopic (exact) mass is 652 g/mol. The molecule has 2 aliphatic rings. The Morgan fingerprint density at radius 1 is 0.490 bits per heavy atom. The van der Waals surface area contributed by atoms with Crippen molar-refractivity contribution < 1.29 is 4.42 Å². The number of aromatic nitrogens is 1. The molecule has 0 radical (unpaired) electrons. The van der Waals surface area contributed by atoms with E-state index in [0.717, 1.165) is 38.8 Å². The Bertz CT molecular complexity index is 2870. The van der Waals surface area contributed by atoms with Gasteiger partial charge in [0.1, 0.15) is 11.2 Å². The Kier molecular flexibility index (Phi) is 6.08. The van der Waals surface area contributed by atoms with Crippen LogP contribution in [-0.4, -0.2) is 10.6 Å². The molecule has 3 nitrogen and oxygen atoms in total. The van der Waals surface area contributed by atoms with Gasteiger partial charge in [0.15, 0.2) is 0 Å². The number of allylic oxidation sites excluding steroid dienone is 2. The summed E-state index contributed by atoms with van der Waals surface area (Å²) in [4.78, 5) is 2.51. The van der Waals surface area contributed by atoms with Crippen LogP contribution in [0.3, 0.4) is 0 Å².